The van der Waals surface area contributed by atoms with E-state index in [0.29, 0.717) is 0 Å². The van der Waals surface area contributed by atoms with Crippen molar-refractivity contribution < 1.29 is 27.9 Å². The summed E-state index contributed by atoms with van der Waals surface area (Å²) in [5.74, 6) is -5.74. The Morgan fingerprint density at radius 2 is 1.76 bits per heavy atom. The Bertz CT molecular complexity index is 554. The Labute approximate surface area is 119 Å². The normalized spacial score (nSPS) is 22.4. The number of aliphatic carboxylic acids is 1. The number of hydrogen-bond donors (Lipinski definition) is 1. The number of nitrogens with zero attached hydrogens (tertiary/aromatic N) is 1. The molecule has 1 heterocycles. The number of carboxylic acid groups (broad SMARTS) is 1. The Morgan fingerprint density at radius 3 is 2.19 bits per heavy atom. The molecule has 0 aliphatic carbocycles. The van der Waals surface area contributed by atoms with Crippen molar-refractivity contribution in [1.29, 1.82) is 0 Å². The van der Waals surface area contributed by atoms with Gasteiger partial charge < -0.3 is 10.0 Å². The van der Waals surface area contributed by atoms with Crippen LogP contribution in [-0.4, -0.2) is 41.1 Å². The van der Waals surface area contributed by atoms with Crippen LogP contribution in [-0.2, 0) is 4.79 Å². The highest BCUT2D eigenvalue weighted by Crippen LogP contribution is 2.38. The zero-order chi connectivity index (χ0) is 15.8. The summed E-state index contributed by atoms with van der Waals surface area (Å²) in [6, 6.07) is 6.40. The molecule has 1 aromatic carbocycles. The van der Waals surface area contributed by atoms with Crippen molar-refractivity contribution in [2.45, 2.75) is 13.1 Å². The predicted molar refractivity (Wildman–Crippen MR) is 67.8 cm³/mol. The third kappa shape index (κ3) is 3.17. The van der Waals surface area contributed by atoms with E-state index in [4.69, 9.17) is 5.11 Å². The Kier molecular flexibility index (Phi) is 3.93. The Hall–Kier alpha value is -2.05. The molecule has 0 spiro atoms. The summed E-state index contributed by atoms with van der Waals surface area (Å²) in [5, 5.41) is 8.92. The van der Waals surface area contributed by atoms with E-state index in [0.717, 1.165) is 10.5 Å². The zero-order valence-electron chi connectivity index (χ0n) is 11.2. The molecule has 21 heavy (non-hydrogen) atoms. The van der Waals surface area contributed by atoms with Crippen LogP contribution in [0.1, 0.15) is 15.9 Å². The zero-order valence-corrected chi connectivity index (χ0v) is 11.2. The van der Waals surface area contributed by atoms with Gasteiger partial charge in [-0.25, -0.2) is 0 Å². The number of amides is 1. The minimum absolute atomic E-state index is 0.257. The fourth-order valence-electron chi connectivity index (χ4n) is 2.43. The molecule has 0 unspecified atom stereocenters. The summed E-state index contributed by atoms with van der Waals surface area (Å²) in [6.45, 7) is 0.781. The van der Waals surface area contributed by atoms with Crippen molar-refractivity contribution in [3.8, 4) is 0 Å². The average molecular weight is 301 g/mol. The number of likely N-dealkylation sites (tertiary alicyclic amines) is 1. The first-order valence-corrected chi connectivity index (χ1v) is 6.35. The van der Waals surface area contributed by atoms with E-state index in [9.17, 15) is 22.8 Å². The molecule has 1 fully saturated rings. The van der Waals surface area contributed by atoms with E-state index >= 15 is 0 Å². The highest BCUT2D eigenvalue weighted by Gasteiger charge is 2.53. The first kappa shape index (κ1) is 15.3. The smallest absolute Gasteiger partial charge is 0.394 e. The van der Waals surface area contributed by atoms with Crippen LogP contribution in [0.15, 0.2) is 24.3 Å². The van der Waals surface area contributed by atoms with Gasteiger partial charge in [-0.2, -0.15) is 13.2 Å². The minimum Gasteiger partial charge on any atom is -0.481 e. The molecule has 2 atom stereocenters. The molecule has 7 heteroatoms. The highest BCUT2D eigenvalue weighted by molar-refractivity contribution is 5.95. The first-order chi connectivity index (χ1) is 9.70. The van der Waals surface area contributed by atoms with Gasteiger partial charge in [0.25, 0.3) is 5.91 Å². The summed E-state index contributed by atoms with van der Waals surface area (Å²) in [4.78, 5) is 24.1. The molecule has 0 saturated carbocycles. The number of aryl methyl sites for hydroxylation is 1. The number of rotatable bonds is 2. The first-order valence-electron chi connectivity index (χ1n) is 6.35. The van der Waals surface area contributed by atoms with Gasteiger partial charge in [0, 0.05) is 18.7 Å². The Morgan fingerprint density at radius 1 is 1.19 bits per heavy atom. The second kappa shape index (κ2) is 5.38. The molecule has 0 aromatic heterocycles. The van der Waals surface area contributed by atoms with Crippen LogP contribution in [0, 0.1) is 18.8 Å². The van der Waals surface area contributed by atoms with Gasteiger partial charge in [0.15, 0.2) is 0 Å². The van der Waals surface area contributed by atoms with Crippen LogP contribution < -0.4 is 0 Å². The van der Waals surface area contributed by atoms with Crippen molar-refractivity contribution in [1.82, 2.24) is 4.90 Å². The van der Waals surface area contributed by atoms with Crippen LogP contribution in [0.5, 0.6) is 0 Å². The molecule has 1 N–H and O–H groups in total. The van der Waals surface area contributed by atoms with Crippen LogP contribution in [0.4, 0.5) is 13.2 Å². The van der Waals surface area contributed by atoms with E-state index in [1.54, 1.807) is 12.1 Å². The van der Waals surface area contributed by atoms with Gasteiger partial charge in [-0.1, -0.05) is 17.7 Å². The quantitative estimate of drug-likeness (QED) is 0.912. The maximum atomic E-state index is 12.9. The molecule has 1 aliphatic heterocycles. The van der Waals surface area contributed by atoms with Crippen LogP contribution in [0.25, 0.3) is 0 Å². The second-order valence-corrected chi connectivity index (χ2v) is 5.17. The minimum atomic E-state index is -4.63. The molecule has 4 nitrogen and oxygen atoms in total. The molecule has 1 aliphatic rings. The van der Waals surface area contributed by atoms with E-state index in [1.165, 1.54) is 12.1 Å². The number of carbonyl (C=O) groups excluding carboxylic acids is 1. The number of carbonyl (C=O) groups is 2. The number of benzene rings is 1. The molecule has 1 saturated heterocycles. The fraction of sp³-hybridized carbons (Fsp3) is 0.429. The second-order valence-electron chi connectivity index (χ2n) is 5.17. The van der Waals surface area contributed by atoms with Gasteiger partial charge in [0.05, 0.1) is 11.8 Å². The van der Waals surface area contributed by atoms with Gasteiger partial charge in [0.1, 0.15) is 0 Å². The van der Waals surface area contributed by atoms with Crippen LogP contribution in [0.3, 0.4) is 0 Å². The average Bonchev–Trinajstić information content (AvgIpc) is 2.84. The molecule has 1 aromatic rings. The predicted octanol–water partition coefficient (Wildman–Crippen LogP) is 2.33. The van der Waals surface area contributed by atoms with E-state index in [2.05, 4.69) is 0 Å². The number of halogens is 3. The van der Waals surface area contributed by atoms with E-state index in [1.807, 2.05) is 6.92 Å². The maximum absolute atomic E-state index is 12.9. The van der Waals surface area contributed by atoms with Gasteiger partial charge in [0.2, 0.25) is 0 Å². The number of hydrogen-bond acceptors (Lipinski definition) is 2. The fourth-order valence-corrected chi connectivity index (χ4v) is 2.43. The molecular formula is C14H14F3NO3. The molecule has 0 radical (unpaired) electrons. The summed E-state index contributed by atoms with van der Waals surface area (Å²) in [5.41, 5.74) is 1.18. The van der Waals surface area contributed by atoms with E-state index < -0.39 is 43.0 Å². The highest BCUT2D eigenvalue weighted by atomic mass is 19.4. The van der Waals surface area contributed by atoms with Crippen LogP contribution >= 0.6 is 0 Å². The summed E-state index contributed by atoms with van der Waals surface area (Å²) < 4.78 is 38.6. The van der Waals surface area contributed by atoms with Gasteiger partial charge in [-0.3, -0.25) is 9.59 Å². The third-order valence-electron chi connectivity index (χ3n) is 3.64. The van der Waals surface area contributed by atoms with Gasteiger partial charge >= 0.3 is 12.1 Å². The van der Waals surface area contributed by atoms with Gasteiger partial charge in [-0.05, 0) is 19.1 Å². The maximum Gasteiger partial charge on any atom is 0.394 e. The lowest BCUT2D eigenvalue weighted by Gasteiger charge is -2.18. The van der Waals surface area contributed by atoms with Crippen LogP contribution in [0.2, 0.25) is 0 Å². The van der Waals surface area contributed by atoms with Crippen molar-refractivity contribution >= 4 is 11.9 Å². The van der Waals surface area contributed by atoms with Gasteiger partial charge in [-0.15, -0.1) is 0 Å². The standard InChI is InChI=1S/C14H14F3NO3/c1-8-2-4-9(5-3-8)12(19)18-6-10(13(20)21)11(7-18)14(15,16)17/h2-5,10-11H,6-7H2,1H3,(H,20,21)/t10-,11-/m1/s1. The largest absolute Gasteiger partial charge is 0.481 e. The lowest BCUT2D eigenvalue weighted by molar-refractivity contribution is -0.187. The molecule has 2 rings (SSSR count). The monoisotopic (exact) mass is 301 g/mol. The van der Waals surface area contributed by atoms with Crippen molar-refractivity contribution in [3.05, 3.63) is 35.4 Å². The number of carboxylic acids is 1. The Balaban J connectivity index is 2.20. The number of alkyl halides is 3. The van der Waals surface area contributed by atoms with E-state index in [-0.39, 0.29) is 5.56 Å². The molecular weight excluding hydrogens is 287 g/mol. The van der Waals surface area contributed by atoms with Crippen molar-refractivity contribution in [2.24, 2.45) is 11.8 Å². The van der Waals surface area contributed by atoms with Crippen molar-refractivity contribution in [2.75, 3.05) is 13.1 Å². The summed E-state index contributed by atoms with van der Waals surface area (Å²) in [7, 11) is 0. The molecule has 0 bridgehead atoms. The third-order valence-corrected chi connectivity index (χ3v) is 3.64. The summed E-state index contributed by atoms with van der Waals surface area (Å²) >= 11 is 0. The molecule has 1 amide bonds. The topological polar surface area (TPSA) is 57.6 Å². The summed E-state index contributed by atoms with van der Waals surface area (Å²) in [6.07, 6.45) is -4.63. The lowest BCUT2D eigenvalue weighted by Crippen LogP contribution is -2.34. The van der Waals surface area contributed by atoms with Crippen molar-refractivity contribution in [3.63, 3.8) is 0 Å². The molecule has 114 valence electrons. The SMILES string of the molecule is Cc1ccc(C(=O)N2C[C@@H](C(F)(F)F)[C@H](C(=O)O)C2)cc1. The lowest BCUT2D eigenvalue weighted by atomic mass is 9.96.